The Bertz CT molecular complexity index is 1130. The van der Waals surface area contributed by atoms with Crippen LogP contribution in [0.25, 0.3) is 11.1 Å². The van der Waals surface area contributed by atoms with Gasteiger partial charge in [-0.3, -0.25) is 9.59 Å². The van der Waals surface area contributed by atoms with E-state index in [9.17, 15) is 9.59 Å². The molecule has 1 unspecified atom stereocenters. The van der Waals surface area contributed by atoms with Crippen molar-refractivity contribution in [2.75, 3.05) is 18.0 Å². The maximum Gasteiger partial charge on any atom is 0.250 e. The highest BCUT2D eigenvalue weighted by Crippen LogP contribution is 2.33. The number of hydrogen-bond donors (Lipinski definition) is 2. The van der Waals surface area contributed by atoms with Crippen LogP contribution in [0.15, 0.2) is 79.5 Å². The summed E-state index contributed by atoms with van der Waals surface area (Å²) in [7, 11) is 0. The number of nitrogens with two attached hydrogens (primary N) is 1. The molecule has 1 saturated heterocycles. The first-order valence-corrected chi connectivity index (χ1v) is 10.3. The normalized spacial score (nSPS) is 15.2. The van der Waals surface area contributed by atoms with Crippen molar-refractivity contribution in [1.82, 2.24) is 10.3 Å². The molecule has 1 aliphatic heterocycles. The second kappa shape index (κ2) is 9.34. The van der Waals surface area contributed by atoms with Crippen LogP contribution in [0.4, 0.5) is 5.82 Å². The second-order valence-corrected chi connectivity index (χ2v) is 7.54. The molecule has 4 rings (SSSR count). The predicted octanol–water partition coefficient (Wildman–Crippen LogP) is 3.52. The molecule has 32 heavy (non-hydrogen) atoms. The van der Waals surface area contributed by atoms with Crippen LogP contribution >= 0.6 is 0 Å². The Morgan fingerprint density at radius 3 is 2.53 bits per heavy atom. The van der Waals surface area contributed by atoms with Crippen LogP contribution < -0.4 is 20.7 Å². The zero-order valence-corrected chi connectivity index (χ0v) is 17.5. The zero-order valence-electron chi connectivity index (χ0n) is 17.5. The molecule has 162 valence electrons. The van der Waals surface area contributed by atoms with E-state index in [2.05, 4.69) is 21.8 Å². The summed E-state index contributed by atoms with van der Waals surface area (Å²) in [4.78, 5) is 30.1. The van der Waals surface area contributed by atoms with E-state index in [1.165, 1.54) is 12.3 Å². The molecule has 0 aliphatic carbocycles. The summed E-state index contributed by atoms with van der Waals surface area (Å²) in [5, 5.41) is 2.93. The first kappa shape index (κ1) is 21.1. The minimum Gasteiger partial charge on any atom is -0.457 e. The van der Waals surface area contributed by atoms with Gasteiger partial charge in [0.2, 0.25) is 11.8 Å². The summed E-state index contributed by atoms with van der Waals surface area (Å²) in [5.74, 6) is 1.47. The van der Waals surface area contributed by atoms with Crippen LogP contribution in [0.5, 0.6) is 11.5 Å². The maximum atomic E-state index is 11.8. The van der Waals surface area contributed by atoms with E-state index in [0.717, 1.165) is 35.7 Å². The molecule has 3 N–H and O–H groups in total. The van der Waals surface area contributed by atoms with Crippen molar-refractivity contribution >= 4 is 17.6 Å². The number of hydrogen-bond acceptors (Lipinski definition) is 5. The zero-order chi connectivity index (χ0) is 22.5. The number of rotatable bonds is 7. The Morgan fingerprint density at radius 1 is 1.12 bits per heavy atom. The topological polar surface area (TPSA) is 97.5 Å². The van der Waals surface area contributed by atoms with Gasteiger partial charge in [0.1, 0.15) is 17.3 Å². The van der Waals surface area contributed by atoms with Gasteiger partial charge in [0.05, 0.1) is 5.56 Å². The largest absolute Gasteiger partial charge is 0.457 e. The fourth-order valence-corrected chi connectivity index (χ4v) is 3.71. The minimum absolute atomic E-state index is 0.00705. The van der Waals surface area contributed by atoms with Crippen molar-refractivity contribution in [3.05, 3.63) is 85.1 Å². The molecule has 2 amide bonds. The van der Waals surface area contributed by atoms with E-state index in [1.54, 1.807) is 6.07 Å². The third kappa shape index (κ3) is 4.78. The molecule has 7 nitrogen and oxygen atoms in total. The molecular formula is C25H24N4O3. The third-order valence-electron chi connectivity index (χ3n) is 5.31. The number of aromatic nitrogens is 1. The molecule has 1 aromatic heterocycles. The molecule has 2 aromatic carbocycles. The van der Waals surface area contributed by atoms with Gasteiger partial charge in [-0.05, 0) is 48.4 Å². The Hall–Kier alpha value is -4.13. The summed E-state index contributed by atoms with van der Waals surface area (Å²) >= 11 is 0. The van der Waals surface area contributed by atoms with Crippen molar-refractivity contribution in [3.8, 4) is 22.6 Å². The van der Waals surface area contributed by atoms with E-state index in [4.69, 9.17) is 10.5 Å². The quantitative estimate of drug-likeness (QED) is 0.561. The first-order valence-electron chi connectivity index (χ1n) is 10.3. The number of para-hydroxylation sites is 1. The van der Waals surface area contributed by atoms with Crippen LogP contribution in [-0.4, -0.2) is 35.9 Å². The summed E-state index contributed by atoms with van der Waals surface area (Å²) in [6, 6.07) is 18.9. The van der Waals surface area contributed by atoms with Gasteiger partial charge in [0, 0.05) is 30.9 Å². The Balaban J connectivity index is 1.61. The van der Waals surface area contributed by atoms with Crippen molar-refractivity contribution in [2.45, 2.75) is 12.5 Å². The Kier molecular flexibility index (Phi) is 6.17. The highest BCUT2D eigenvalue weighted by atomic mass is 16.5. The van der Waals surface area contributed by atoms with Gasteiger partial charge in [-0.15, -0.1) is 0 Å². The van der Waals surface area contributed by atoms with Gasteiger partial charge < -0.3 is 20.7 Å². The minimum atomic E-state index is -0.535. The second-order valence-electron chi connectivity index (χ2n) is 7.54. The van der Waals surface area contributed by atoms with Crippen LogP contribution in [0.2, 0.25) is 0 Å². The molecule has 1 atom stereocenters. The van der Waals surface area contributed by atoms with Crippen molar-refractivity contribution in [3.63, 3.8) is 0 Å². The summed E-state index contributed by atoms with van der Waals surface area (Å²) < 4.78 is 5.87. The smallest absolute Gasteiger partial charge is 0.250 e. The van der Waals surface area contributed by atoms with Gasteiger partial charge in [0.25, 0.3) is 0 Å². The lowest BCUT2D eigenvalue weighted by Gasteiger charge is -2.21. The SMILES string of the molecule is C=CC(=O)NC1CCN(c2ncc(C(N)=O)cc2-c2ccc(Oc3ccccc3)cc2)C1. The van der Waals surface area contributed by atoms with Crippen LogP contribution in [0.1, 0.15) is 16.8 Å². The monoisotopic (exact) mass is 428 g/mol. The number of amides is 2. The van der Waals surface area contributed by atoms with E-state index in [0.29, 0.717) is 17.9 Å². The first-order chi connectivity index (χ1) is 15.5. The molecule has 1 aliphatic rings. The van der Waals surface area contributed by atoms with E-state index < -0.39 is 5.91 Å². The molecule has 0 radical (unpaired) electrons. The number of ether oxygens (including phenoxy) is 1. The van der Waals surface area contributed by atoms with Crippen molar-refractivity contribution in [2.24, 2.45) is 5.73 Å². The Morgan fingerprint density at radius 2 is 1.84 bits per heavy atom. The van der Waals surface area contributed by atoms with E-state index >= 15 is 0 Å². The number of nitrogens with one attached hydrogen (secondary N) is 1. The fraction of sp³-hybridized carbons (Fsp3) is 0.160. The molecule has 0 bridgehead atoms. The van der Waals surface area contributed by atoms with Crippen molar-refractivity contribution in [1.29, 1.82) is 0 Å². The van der Waals surface area contributed by atoms with Gasteiger partial charge in [-0.1, -0.05) is 36.9 Å². The lowest BCUT2D eigenvalue weighted by molar-refractivity contribution is -0.117. The number of carbonyl (C=O) groups excluding carboxylic acids is 2. The highest BCUT2D eigenvalue weighted by molar-refractivity contribution is 5.95. The van der Waals surface area contributed by atoms with Gasteiger partial charge in [-0.2, -0.15) is 0 Å². The molecule has 1 fully saturated rings. The number of primary amides is 1. The third-order valence-corrected chi connectivity index (χ3v) is 5.31. The average Bonchev–Trinajstić information content (AvgIpc) is 3.28. The lowest BCUT2D eigenvalue weighted by atomic mass is 10.0. The van der Waals surface area contributed by atoms with Crippen LogP contribution in [0, 0.1) is 0 Å². The number of nitrogens with zero attached hydrogens (tertiary/aromatic N) is 2. The highest BCUT2D eigenvalue weighted by Gasteiger charge is 2.26. The molecular weight excluding hydrogens is 404 g/mol. The summed E-state index contributed by atoms with van der Waals surface area (Å²) in [6.07, 6.45) is 3.55. The number of pyridine rings is 1. The van der Waals surface area contributed by atoms with E-state index in [-0.39, 0.29) is 11.9 Å². The van der Waals surface area contributed by atoms with Gasteiger partial charge >= 0.3 is 0 Å². The average molecular weight is 428 g/mol. The molecule has 7 heteroatoms. The van der Waals surface area contributed by atoms with Gasteiger partial charge in [0.15, 0.2) is 0 Å². The molecule has 0 spiro atoms. The maximum absolute atomic E-state index is 11.8. The van der Waals surface area contributed by atoms with Gasteiger partial charge in [-0.25, -0.2) is 4.98 Å². The standard InChI is InChI=1S/C25H24N4O3/c1-2-23(30)28-19-12-13-29(16-19)25-22(14-18(15-27-25)24(26)31)17-8-10-21(11-9-17)32-20-6-4-3-5-7-20/h2-11,14-15,19H,1,12-13,16H2,(H2,26,31)(H,28,30). The molecule has 0 saturated carbocycles. The van der Waals surface area contributed by atoms with Crippen LogP contribution in [-0.2, 0) is 4.79 Å². The van der Waals surface area contributed by atoms with Crippen molar-refractivity contribution < 1.29 is 14.3 Å². The number of carbonyl (C=O) groups is 2. The Labute approximate surface area is 186 Å². The summed E-state index contributed by atoms with van der Waals surface area (Å²) in [5.41, 5.74) is 7.51. The van der Waals surface area contributed by atoms with E-state index in [1.807, 2.05) is 54.6 Å². The number of benzene rings is 2. The van der Waals surface area contributed by atoms with Crippen LogP contribution in [0.3, 0.4) is 0 Å². The predicted molar refractivity (Wildman–Crippen MR) is 124 cm³/mol. The number of anilines is 1. The fourth-order valence-electron chi connectivity index (χ4n) is 3.71. The molecule has 2 heterocycles. The summed E-state index contributed by atoms with van der Waals surface area (Å²) in [6.45, 7) is 4.85. The molecule has 3 aromatic rings. The lowest BCUT2D eigenvalue weighted by Crippen LogP contribution is -2.36.